The molecule has 0 spiro atoms. The van der Waals surface area contributed by atoms with Crippen LogP contribution >= 0.6 is 11.6 Å². The normalized spacial score (nSPS) is 11.4. The van der Waals surface area contributed by atoms with Crippen LogP contribution in [-0.4, -0.2) is 12.3 Å². The monoisotopic (exact) mass is 183 g/mol. The van der Waals surface area contributed by atoms with E-state index in [2.05, 4.69) is 9.99 Å². The highest BCUT2D eigenvalue weighted by atomic mass is 35.5. The van der Waals surface area contributed by atoms with E-state index in [0.717, 1.165) is 5.56 Å². The van der Waals surface area contributed by atoms with E-state index in [-0.39, 0.29) is 0 Å². The molecule has 0 aliphatic heterocycles. The minimum Gasteiger partial charge on any atom is -0.398 e. The van der Waals surface area contributed by atoms with Crippen LogP contribution in [0.2, 0.25) is 0 Å². The van der Waals surface area contributed by atoms with E-state index < -0.39 is 0 Å². The second-order valence-corrected chi connectivity index (χ2v) is 2.79. The van der Waals surface area contributed by atoms with Crippen molar-refractivity contribution in [1.82, 2.24) is 0 Å². The first-order valence-corrected chi connectivity index (χ1v) is 3.95. The quantitative estimate of drug-likeness (QED) is 0.510. The fourth-order valence-electron chi connectivity index (χ4n) is 0.824. The molecule has 0 fully saturated rings. The number of hydrogen-bond acceptors (Lipinski definition) is 2. The Morgan fingerprint density at radius 2 is 1.92 bits per heavy atom. The number of nitrogens with zero attached hydrogens (tertiary/aromatic N) is 1. The molecular weight excluding hydrogens is 174 g/mol. The van der Waals surface area contributed by atoms with Crippen LogP contribution in [-0.2, 0) is 4.84 Å². The Morgan fingerprint density at radius 3 is 2.42 bits per heavy atom. The van der Waals surface area contributed by atoms with Gasteiger partial charge in [0.2, 0.25) is 0 Å². The molecule has 1 aromatic rings. The summed E-state index contributed by atoms with van der Waals surface area (Å²) in [5.74, 6) is 0. The van der Waals surface area contributed by atoms with Crippen molar-refractivity contribution in [2.75, 3.05) is 7.11 Å². The van der Waals surface area contributed by atoms with Crippen molar-refractivity contribution < 1.29 is 4.84 Å². The van der Waals surface area contributed by atoms with Gasteiger partial charge in [-0.05, 0) is 6.92 Å². The number of halogens is 1. The SMILES string of the molecule is CO/N=C(\Cl)c1ccc(C)cc1. The molecule has 1 rings (SSSR count). The maximum atomic E-state index is 5.78. The van der Waals surface area contributed by atoms with E-state index >= 15 is 0 Å². The van der Waals surface area contributed by atoms with Gasteiger partial charge in [0.1, 0.15) is 7.11 Å². The Bertz CT molecular complexity index is 279. The van der Waals surface area contributed by atoms with Crippen LogP contribution in [0.5, 0.6) is 0 Å². The molecule has 12 heavy (non-hydrogen) atoms. The molecule has 0 amide bonds. The van der Waals surface area contributed by atoms with Gasteiger partial charge in [0, 0.05) is 5.56 Å². The standard InChI is InChI=1S/C9H10ClNO/c1-7-3-5-8(6-4-7)9(10)11-12-2/h3-6H,1-2H3/b11-9-. The molecule has 1 aromatic carbocycles. The number of oxime groups is 1. The van der Waals surface area contributed by atoms with Crippen molar-refractivity contribution in [3.63, 3.8) is 0 Å². The van der Waals surface area contributed by atoms with Crippen molar-refractivity contribution in [2.24, 2.45) is 5.16 Å². The van der Waals surface area contributed by atoms with E-state index in [0.29, 0.717) is 5.17 Å². The van der Waals surface area contributed by atoms with Gasteiger partial charge >= 0.3 is 0 Å². The predicted molar refractivity (Wildman–Crippen MR) is 50.6 cm³/mol. The highest BCUT2D eigenvalue weighted by Gasteiger charge is 1.98. The molecule has 0 radical (unpaired) electrons. The fraction of sp³-hybridized carbons (Fsp3) is 0.222. The molecule has 0 aromatic heterocycles. The summed E-state index contributed by atoms with van der Waals surface area (Å²) in [6, 6.07) is 7.76. The molecule has 0 aliphatic rings. The average molecular weight is 184 g/mol. The van der Waals surface area contributed by atoms with Crippen LogP contribution in [0.3, 0.4) is 0 Å². The van der Waals surface area contributed by atoms with Gasteiger partial charge in [-0.15, -0.1) is 0 Å². The zero-order chi connectivity index (χ0) is 8.97. The lowest BCUT2D eigenvalue weighted by Crippen LogP contribution is -1.91. The number of rotatable bonds is 2. The number of benzene rings is 1. The largest absolute Gasteiger partial charge is 0.398 e. The topological polar surface area (TPSA) is 21.6 Å². The third-order valence-corrected chi connectivity index (χ3v) is 1.75. The van der Waals surface area contributed by atoms with Crippen LogP contribution in [0.4, 0.5) is 0 Å². The summed E-state index contributed by atoms with van der Waals surface area (Å²) < 4.78 is 0. The van der Waals surface area contributed by atoms with Crippen molar-refractivity contribution in [2.45, 2.75) is 6.92 Å². The van der Waals surface area contributed by atoms with Crippen molar-refractivity contribution >= 4 is 16.8 Å². The van der Waals surface area contributed by atoms with Crippen LogP contribution in [0, 0.1) is 6.92 Å². The van der Waals surface area contributed by atoms with E-state index in [1.165, 1.54) is 12.7 Å². The van der Waals surface area contributed by atoms with Crippen LogP contribution in [0.1, 0.15) is 11.1 Å². The summed E-state index contributed by atoms with van der Waals surface area (Å²) in [7, 11) is 1.47. The number of aryl methyl sites for hydroxylation is 1. The average Bonchev–Trinajstić information content (AvgIpc) is 2.06. The molecular formula is C9H10ClNO. The summed E-state index contributed by atoms with van der Waals surface area (Å²) >= 11 is 5.78. The maximum absolute atomic E-state index is 5.78. The summed E-state index contributed by atoms with van der Waals surface area (Å²) in [6.07, 6.45) is 0. The first-order valence-electron chi connectivity index (χ1n) is 3.57. The molecule has 0 aliphatic carbocycles. The Morgan fingerprint density at radius 1 is 1.33 bits per heavy atom. The van der Waals surface area contributed by atoms with Gasteiger partial charge in [0.25, 0.3) is 0 Å². The molecule has 0 bridgehead atoms. The Balaban J connectivity index is 2.89. The van der Waals surface area contributed by atoms with Crippen LogP contribution in [0.15, 0.2) is 29.4 Å². The van der Waals surface area contributed by atoms with Gasteiger partial charge in [-0.3, -0.25) is 0 Å². The minimum atomic E-state index is 0.373. The zero-order valence-electron chi connectivity index (χ0n) is 7.04. The first kappa shape index (κ1) is 9.07. The molecule has 0 saturated carbocycles. The second-order valence-electron chi connectivity index (χ2n) is 2.43. The van der Waals surface area contributed by atoms with E-state index in [1.807, 2.05) is 31.2 Å². The summed E-state index contributed by atoms with van der Waals surface area (Å²) in [5.41, 5.74) is 2.06. The molecule has 0 unspecified atom stereocenters. The molecule has 0 atom stereocenters. The Kier molecular flexibility index (Phi) is 3.11. The van der Waals surface area contributed by atoms with E-state index in [1.54, 1.807) is 0 Å². The van der Waals surface area contributed by atoms with Gasteiger partial charge in [0.05, 0.1) is 0 Å². The second kappa shape index (κ2) is 4.12. The zero-order valence-corrected chi connectivity index (χ0v) is 7.80. The minimum absolute atomic E-state index is 0.373. The van der Waals surface area contributed by atoms with Crippen LogP contribution < -0.4 is 0 Å². The van der Waals surface area contributed by atoms with Gasteiger partial charge < -0.3 is 4.84 Å². The highest BCUT2D eigenvalue weighted by Crippen LogP contribution is 2.07. The first-order chi connectivity index (χ1) is 5.74. The lowest BCUT2D eigenvalue weighted by atomic mass is 10.2. The molecule has 3 heteroatoms. The highest BCUT2D eigenvalue weighted by molar-refractivity contribution is 6.69. The Labute approximate surface area is 76.8 Å². The van der Waals surface area contributed by atoms with Gasteiger partial charge in [0.15, 0.2) is 5.17 Å². The maximum Gasteiger partial charge on any atom is 0.175 e. The lowest BCUT2D eigenvalue weighted by Gasteiger charge is -1.97. The van der Waals surface area contributed by atoms with Gasteiger partial charge in [-0.1, -0.05) is 46.6 Å². The summed E-state index contributed by atoms with van der Waals surface area (Å²) in [5, 5.41) is 3.98. The van der Waals surface area contributed by atoms with Crippen molar-refractivity contribution in [3.8, 4) is 0 Å². The van der Waals surface area contributed by atoms with Crippen molar-refractivity contribution in [1.29, 1.82) is 0 Å². The number of hydrogen-bond donors (Lipinski definition) is 0. The lowest BCUT2D eigenvalue weighted by molar-refractivity contribution is 0.214. The van der Waals surface area contributed by atoms with Crippen LogP contribution in [0.25, 0.3) is 0 Å². The molecule has 0 heterocycles. The molecule has 0 saturated heterocycles. The van der Waals surface area contributed by atoms with Crippen molar-refractivity contribution in [3.05, 3.63) is 35.4 Å². The Hall–Kier alpha value is -1.02. The van der Waals surface area contributed by atoms with E-state index in [4.69, 9.17) is 11.6 Å². The summed E-state index contributed by atoms with van der Waals surface area (Å²) in [6.45, 7) is 2.02. The molecule has 64 valence electrons. The molecule has 0 N–H and O–H groups in total. The van der Waals surface area contributed by atoms with Gasteiger partial charge in [-0.25, -0.2) is 0 Å². The summed E-state index contributed by atoms with van der Waals surface area (Å²) in [4.78, 5) is 4.54. The third kappa shape index (κ3) is 2.24. The van der Waals surface area contributed by atoms with Gasteiger partial charge in [-0.2, -0.15) is 0 Å². The smallest absolute Gasteiger partial charge is 0.175 e. The fourth-order valence-corrected chi connectivity index (χ4v) is 1.02. The molecule has 2 nitrogen and oxygen atoms in total. The van der Waals surface area contributed by atoms with E-state index in [9.17, 15) is 0 Å². The third-order valence-electron chi connectivity index (χ3n) is 1.46. The predicted octanol–water partition coefficient (Wildman–Crippen LogP) is 2.54.